The summed E-state index contributed by atoms with van der Waals surface area (Å²) in [6, 6.07) is 16.1. The van der Waals surface area contributed by atoms with E-state index < -0.39 is 30.6 Å². The third-order valence-electron chi connectivity index (χ3n) is 5.71. The summed E-state index contributed by atoms with van der Waals surface area (Å²) in [6.07, 6.45) is -0.848. The first-order valence-corrected chi connectivity index (χ1v) is 10.7. The molecule has 0 saturated heterocycles. The van der Waals surface area contributed by atoms with E-state index >= 15 is 0 Å². The van der Waals surface area contributed by atoms with E-state index in [1.54, 1.807) is 0 Å². The van der Waals surface area contributed by atoms with E-state index in [1.807, 2.05) is 48.5 Å². The molecule has 0 bridgehead atoms. The van der Waals surface area contributed by atoms with Gasteiger partial charge in [0.15, 0.2) is 5.69 Å². The number of nitrogens with one attached hydrogen (secondary N) is 2. The second-order valence-corrected chi connectivity index (χ2v) is 7.87. The predicted molar refractivity (Wildman–Crippen MR) is 122 cm³/mol. The van der Waals surface area contributed by atoms with Crippen LogP contribution in [0.1, 0.15) is 34.0 Å². The highest BCUT2D eigenvalue weighted by molar-refractivity contribution is 5.96. The zero-order valence-electron chi connectivity index (χ0n) is 18.4. The first-order chi connectivity index (χ1) is 16.4. The minimum Gasteiger partial charge on any atom is -0.480 e. The Hall–Kier alpha value is -4.18. The smallest absolute Gasteiger partial charge is 0.412 e. The van der Waals surface area contributed by atoms with Gasteiger partial charge >= 0.3 is 12.1 Å². The maximum Gasteiger partial charge on any atom is 0.412 e. The number of amides is 2. The van der Waals surface area contributed by atoms with Crippen molar-refractivity contribution < 1.29 is 29.3 Å². The number of aliphatic carboxylic acids is 1. The molecule has 0 unspecified atom stereocenters. The van der Waals surface area contributed by atoms with Gasteiger partial charge in [-0.05, 0) is 22.3 Å². The van der Waals surface area contributed by atoms with Crippen LogP contribution in [0.25, 0.3) is 11.1 Å². The van der Waals surface area contributed by atoms with Crippen LogP contribution in [0, 0.1) is 0 Å². The van der Waals surface area contributed by atoms with Gasteiger partial charge in [0.2, 0.25) is 0 Å². The molecule has 1 atom stereocenters. The SMILES string of the molecule is Cn1nc(C(=O)N[C@H](CCO)C(=O)O)cc1NC(=O)OCC1c2ccccc2-c2ccccc21. The number of ether oxygens (including phenoxy) is 1. The minimum absolute atomic E-state index is 0.0827. The molecular formula is C24H24N4O6. The molecule has 1 aliphatic rings. The molecule has 34 heavy (non-hydrogen) atoms. The average Bonchev–Trinajstić information content (AvgIpc) is 3.35. The molecule has 2 amide bonds. The summed E-state index contributed by atoms with van der Waals surface area (Å²) >= 11 is 0. The lowest BCUT2D eigenvalue weighted by Gasteiger charge is -2.14. The topological polar surface area (TPSA) is 143 Å². The highest BCUT2D eigenvalue weighted by atomic mass is 16.5. The fourth-order valence-electron chi connectivity index (χ4n) is 4.05. The van der Waals surface area contributed by atoms with Crippen LogP contribution in [0.3, 0.4) is 0 Å². The van der Waals surface area contributed by atoms with Gasteiger partial charge in [-0.25, -0.2) is 9.59 Å². The second kappa shape index (κ2) is 9.75. The number of hydrogen-bond acceptors (Lipinski definition) is 6. The lowest BCUT2D eigenvalue weighted by Crippen LogP contribution is -2.41. The lowest BCUT2D eigenvalue weighted by molar-refractivity contribution is -0.139. The number of aromatic nitrogens is 2. The molecule has 10 nitrogen and oxygen atoms in total. The van der Waals surface area contributed by atoms with Gasteiger partial charge in [0.05, 0.1) is 0 Å². The molecule has 4 N–H and O–H groups in total. The fourth-order valence-corrected chi connectivity index (χ4v) is 4.05. The molecule has 3 aromatic rings. The summed E-state index contributed by atoms with van der Waals surface area (Å²) in [4.78, 5) is 36.0. The van der Waals surface area contributed by atoms with Crippen molar-refractivity contribution in [1.82, 2.24) is 15.1 Å². The number of aliphatic hydroxyl groups is 1. The third-order valence-corrected chi connectivity index (χ3v) is 5.71. The van der Waals surface area contributed by atoms with Gasteiger partial charge in [-0.2, -0.15) is 5.10 Å². The average molecular weight is 464 g/mol. The molecule has 0 radical (unpaired) electrons. The van der Waals surface area contributed by atoms with Crippen LogP contribution in [-0.2, 0) is 16.6 Å². The van der Waals surface area contributed by atoms with Crippen LogP contribution in [-0.4, -0.2) is 57.2 Å². The number of fused-ring (bicyclic) bond motifs is 3. The van der Waals surface area contributed by atoms with E-state index in [2.05, 4.69) is 15.7 Å². The van der Waals surface area contributed by atoms with Crippen molar-refractivity contribution in [3.05, 3.63) is 71.4 Å². The molecule has 0 saturated carbocycles. The number of carbonyl (C=O) groups is 3. The van der Waals surface area contributed by atoms with E-state index in [9.17, 15) is 14.4 Å². The summed E-state index contributed by atoms with van der Waals surface area (Å²) < 4.78 is 6.78. The first kappa shape index (κ1) is 23.0. The predicted octanol–water partition coefficient (Wildman–Crippen LogP) is 2.35. The van der Waals surface area contributed by atoms with Crippen molar-refractivity contribution in [1.29, 1.82) is 0 Å². The summed E-state index contributed by atoms with van der Waals surface area (Å²) in [5.41, 5.74) is 4.34. The van der Waals surface area contributed by atoms with E-state index in [4.69, 9.17) is 14.9 Å². The molecule has 2 aromatic carbocycles. The van der Waals surface area contributed by atoms with Gasteiger partial charge in [-0.3, -0.25) is 14.8 Å². The zero-order chi connectivity index (χ0) is 24.2. The van der Waals surface area contributed by atoms with E-state index in [1.165, 1.54) is 17.8 Å². The van der Waals surface area contributed by atoms with Gasteiger partial charge in [0.25, 0.3) is 5.91 Å². The molecule has 4 rings (SSSR count). The molecule has 176 valence electrons. The van der Waals surface area contributed by atoms with Crippen LogP contribution < -0.4 is 10.6 Å². The van der Waals surface area contributed by atoms with Gasteiger partial charge in [-0.1, -0.05) is 48.5 Å². The Kier molecular flexibility index (Phi) is 6.60. The van der Waals surface area contributed by atoms with Gasteiger partial charge in [0, 0.05) is 32.1 Å². The number of rotatable bonds is 8. The Morgan fingerprint density at radius 1 is 1.09 bits per heavy atom. The molecule has 1 heterocycles. The van der Waals surface area contributed by atoms with E-state index in [0.29, 0.717) is 0 Å². The number of anilines is 1. The fraction of sp³-hybridized carbons (Fsp3) is 0.250. The highest BCUT2D eigenvalue weighted by Gasteiger charge is 2.29. The quantitative estimate of drug-likeness (QED) is 0.401. The summed E-state index contributed by atoms with van der Waals surface area (Å²) in [6.45, 7) is -0.263. The number of carbonyl (C=O) groups excluding carboxylic acids is 2. The van der Waals surface area contributed by atoms with E-state index in [-0.39, 0.29) is 30.5 Å². The Morgan fingerprint density at radius 3 is 2.29 bits per heavy atom. The number of hydrogen-bond donors (Lipinski definition) is 4. The molecule has 1 aliphatic carbocycles. The standard InChI is InChI=1S/C24H24N4O6/c1-28-21(12-20(27-28)22(30)25-19(10-11-29)23(31)32)26-24(33)34-13-18-16-8-4-2-6-14(16)15-7-3-5-9-17(15)18/h2-9,12,18-19,29H,10-11,13H2,1H3,(H,25,30)(H,26,33)(H,31,32)/t19-/m1/s1. The van der Waals surface area contributed by atoms with Gasteiger partial charge in [-0.15, -0.1) is 0 Å². The Bertz CT molecular complexity index is 1190. The summed E-state index contributed by atoms with van der Waals surface area (Å²) in [7, 11) is 1.53. The van der Waals surface area contributed by atoms with Crippen molar-refractivity contribution in [2.24, 2.45) is 7.05 Å². The lowest BCUT2D eigenvalue weighted by atomic mass is 9.98. The Balaban J connectivity index is 1.40. The minimum atomic E-state index is -1.27. The number of aliphatic hydroxyl groups excluding tert-OH is 1. The second-order valence-electron chi connectivity index (χ2n) is 7.87. The molecular weight excluding hydrogens is 440 g/mol. The Labute approximate surface area is 195 Å². The molecule has 1 aromatic heterocycles. The maximum atomic E-state index is 12.5. The molecule has 0 aliphatic heterocycles. The molecule has 0 fully saturated rings. The number of benzene rings is 2. The normalized spacial score (nSPS) is 13.0. The zero-order valence-corrected chi connectivity index (χ0v) is 18.4. The third kappa shape index (κ3) is 4.62. The number of carboxylic acids is 1. The summed E-state index contributed by atoms with van der Waals surface area (Å²) in [5, 5.41) is 26.9. The van der Waals surface area contributed by atoms with Crippen molar-refractivity contribution in [3.63, 3.8) is 0 Å². The van der Waals surface area contributed by atoms with Crippen LogP contribution in [0.4, 0.5) is 10.6 Å². The number of aryl methyl sites for hydroxylation is 1. The number of nitrogens with zero attached hydrogens (tertiary/aromatic N) is 2. The number of carboxylic acid groups (broad SMARTS) is 1. The molecule has 10 heteroatoms. The van der Waals surface area contributed by atoms with Crippen LogP contribution in [0.2, 0.25) is 0 Å². The van der Waals surface area contributed by atoms with Crippen LogP contribution in [0.5, 0.6) is 0 Å². The monoisotopic (exact) mass is 464 g/mol. The first-order valence-electron chi connectivity index (χ1n) is 10.7. The van der Waals surface area contributed by atoms with Crippen LogP contribution >= 0.6 is 0 Å². The Morgan fingerprint density at radius 2 is 1.71 bits per heavy atom. The van der Waals surface area contributed by atoms with Gasteiger partial charge < -0.3 is 20.3 Å². The maximum absolute atomic E-state index is 12.5. The van der Waals surface area contributed by atoms with Gasteiger partial charge in [0.1, 0.15) is 18.5 Å². The highest BCUT2D eigenvalue weighted by Crippen LogP contribution is 2.44. The molecule has 0 spiro atoms. The largest absolute Gasteiger partial charge is 0.480 e. The van der Waals surface area contributed by atoms with Crippen molar-refractivity contribution in [2.45, 2.75) is 18.4 Å². The van der Waals surface area contributed by atoms with E-state index in [0.717, 1.165) is 22.3 Å². The van der Waals surface area contributed by atoms with Crippen molar-refractivity contribution in [2.75, 3.05) is 18.5 Å². The van der Waals surface area contributed by atoms with Crippen molar-refractivity contribution >= 4 is 23.8 Å². The summed E-state index contributed by atoms with van der Waals surface area (Å²) in [5.74, 6) is -1.89. The van der Waals surface area contributed by atoms with Crippen molar-refractivity contribution in [3.8, 4) is 11.1 Å². The van der Waals surface area contributed by atoms with Crippen LogP contribution in [0.15, 0.2) is 54.6 Å².